The number of carbonyl (C=O) groups is 2. The number of hydrogen-bond donors (Lipinski definition) is 0. The lowest BCUT2D eigenvalue weighted by atomic mass is 9.82. The van der Waals surface area contributed by atoms with Gasteiger partial charge in [0.15, 0.2) is 0 Å². The Kier molecular flexibility index (Phi) is 15.4. The van der Waals surface area contributed by atoms with Crippen LogP contribution in [-0.2, 0) is 19.1 Å². The van der Waals surface area contributed by atoms with E-state index < -0.39 is 0 Å². The second-order valence-electron chi connectivity index (χ2n) is 10.6. The molecule has 0 N–H and O–H groups in total. The molecule has 35 heavy (non-hydrogen) atoms. The third kappa shape index (κ3) is 12.8. The lowest BCUT2D eigenvalue weighted by Crippen LogP contribution is -2.29. The highest BCUT2D eigenvalue weighted by molar-refractivity contribution is 8.00. The molecule has 0 aromatic rings. The normalized spacial score (nSPS) is 22.5. The van der Waals surface area contributed by atoms with Crippen molar-refractivity contribution < 1.29 is 19.1 Å². The summed E-state index contributed by atoms with van der Waals surface area (Å²) in [5, 5.41) is 0.577. The zero-order chi connectivity index (χ0) is 26.4. The maximum absolute atomic E-state index is 11.3. The van der Waals surface area contributed by atoms with E-state index in [0.717, 1.165) is 29.3 Å². The van der Waals surface area contributed by atoms with Crippen molar-refractivity contribution in [2.75, 3.05) is 25.2 Å². The van der Waals surface area contributed by atoms with Crippen molar-refractivity contribution in [1.82, 2.24) is 0 Å². The van der Waals surface area contributed by atoms with Crippen LogP contribution in [0.2, 0.25) is 0 Å². The van der Waals surface area contributed by atoms with Crippen molar-refractivity contribution in [3.63, 3.8) is 0 Å². The van der Waals surface area contributed by atoms with Gasteiger partial charge in [0, 0.05) is 21.5 Å². The molecule has 0 fully saturated rings. The van der Waals surface area contributed by atoms with Gasteiger partial charge in [-0.1, -0.05) is 51.0 Å². The van der Waals surface area contributed by atoms with E-state index >= 15 is 0 Å². The Balaban J connectivity index is 0.000000351. The van der Waals surface area contributed by atoms with E-state index in [-0.39, 0.29) is 16.7 Å². The van der Waals surface area contributed by atoms with Crippen LogP contribution in [0.1, 0.15) is 93.4 Å². The molecule has 0 saturated heterocycles. The largest absolute Gasteiger partial charge is 0.469 e. The quantitative estimate of drug-likeness (QED) is 0.202. The number of methoxy groups -OCH3 is 1. The van der Waals surface area contributed by atoms with Crippen molar-refractivity contribution in [2.24, 2.45) is 17.8 Å². The molecule has 0 heterocycles. The highest BCUT2D eigenvalue weighted by Crippen LogP contribution is 2.40. The van der Waals surface area contributed by atoms with E-state index in [9.17, 15) is 9.59 Å². The van der Waals surface area contributed by atoms with Crippen molar-refractivity contribution in [3.05, 3.63) is 23.3 Å². The topological polar surface area (TPSA) is 52.6 Å². The molecule has 2 aliphatic carbocycles. The summed E-state index contributed by atoms with van der Waals surface area (Å²) in [4.78, 5) is 22.4. The fraction of sp³-hybridized carbons (Fsp3) is 0.793. The van der Waals surface area contributed by atoms with E-state index in [0.29, 0.717) is 24.7 Å². The first-order chi connectivity index (χ1) is 16.5. The van der Waals surface area contributed by atoms with Gasteiger partial charge in [-0.3, -0.25) is 9.59 Å². The molecule has 0 amide bonds. The third-order valence-corrected chi connectivity index (χ3v) is 9.95. The van der Waals surface area contributed by atoms with E-state index in [2.05, 4.69) is 58.4 Å². The molecule has 2 rings (SSSR count). The van der Waals surface area contributed by atoms with Crippen molar-refractivity contribution >= 4 is 35.5 Å². The summed E-state index contributed by atoms with van der Waals surface area (Å²) in [5.41, 5.74) is 3.03. The summed E-state index contributed by atoms with van der Waals surface area (Å²) >= 11 is 3.81. The average Bonchev–Trinajstić information content (AvgIpc) is 2.79. The van der Waals surface area contributed by atoms with Crippen molar-refractivity contribution in [3.8, 4) is 0 Å². The van der Waals surface area contributed by atoms with Crippen LogP contribution in [-0.4, -0.2) is 47.2 Å². The summed E-state index contributed by atoms with van der Waals surface area (Å²) in [7, 11) is 1.45. The maximum Gasteiger partial charge on any atom is 0.306 e. The standard InChI is InChI=1S/C15H26O2S.C14H24O2S/c1-5-17-15(16)8-9-18-14-10-12(4)6-7-13(14)11(2)3;1-11-5-7-12(8-6-11)14(2,3)17-10-9-13(15)16-4/h10-11,13-14H,5-9H2,1-4H3;5,12H,6-10H2,1-4H3. The molecular formula is C29H50O4S2. The minimum Gasteiger partial charge on any atom is -0.469 e. The van der Waals surface area contributed by atoms with Crippen LogP contribution in [0.25, 0.3) is 0 Å². The molecule has 202 valence electrons. The zero-order valence-corrected chi connectivity index (χ0v) is 25.1. The number of rotatable bonds is 11. The average molecular weight is 527 g/mol. The van der Waals surface area contributed by atoms with E-state index in [1.807, 2.05) is 30.4 Å². The van der Waals surface area contributed by atoms with Gasteiger partial charge in [0.25, 0.3) is 0 Å². The Bertz CT molecular complexity index is 711. The van der Waals surface area contributed by atoms with Crippen molar-refractivity contribution in [2.45, 2.75) is 103 Å². The van der Waals surface area contributed by atoms with Gasteiger partial charge in [0.05, 0.1) is 26.6 Å². The fourth-order valence-corrected chi connectivity index (χ4v) is 7.48. The van der Waals surface area contributed by atoms with Gasteiger partial charge in [0.1, 0.15) is 0 Å². The third-order valence-electron chi connectivity index (χ3n) is 7.15. The van der Waals surface area contributed by atoms with E-state index in [4.69, 9.17) is 4.74 Å². The monoisotopic (exact) mass is 526 g/mol. The Hall–Kier alpha value is -0.880. The van der Waals surface area contributed by atoms with Crippen LogP contribution < -0.4 is 0 Å². The molecule has 6 heteroatoms. The first-order valence-electron chi connectivity index (χ1n) is 13.3. The number of allylic oxidation sites excluding steroid dienone is 3. The van der Waals surface area contributed by atoms with Crippen LogP contribution in [0.3, 0.4) is 0 Å². The predicted octanol–water partition coefficient (Wildman–Crippen LogP) is 7.86. The molecule has 3 atom stereocenters. The Morgan fingerprint density at radius 3 is 2.29 bits per heavy atom. The summed E-state index contributed by atoms with van der Waals surface area (Å²) in [6.07, 6.45) is 12.0. The Labute approximate surface area is 223 Å². The SMILES string of the molecule is CCOC(=O)CCSC1C=C(C)CCC1C(C)C.COC(=O)CCSC(C)(C)C1CC=C(C)CC1. The van der Waals surface area contributed by atoms with Crippen LogP contribution in [0, 0.1) is 17.8 Å². The number of ether oxygens (including phenoxy) is 2. The zero-order valence-electron chi connectivity index (χ0n) is 23.5. The van der Waals surface area contributed by atoms with Crippen LogP contribution in [0.4, 0.5) is 0 Å². The lowest BCUT2D eigenvalue weighted by molar-refractivity contribution is -0.142. The maximum atomic E-state index is 11.3. The minimum atomic E-state index is -0.104. The smallest absolute Gasteiger partial charge is 0.306 e. The fourth-order valence-electron chi connectivity index (χ4n) is 4.66. The number of hydrogen-bond acceptors (Lipinski definition) is 6. The van der Waals surface area contributed by atoms with Gasteiger partial charge in [-0.25, -0.2) is 0 Å². The van der Waals surface area contributed by atoms with Gasteiger partial charge >= 0.3 is 11.9 Å². The molecular weight excluding hydrogens is 476 g/mol. The van der Waals surface area contributed by atoms with Crippen LogP contribution in [0.5, 0.6) is 0 Å². The molecule has 0 radical (unpaired) electrons. The van der Waals surface area contributed by atoms with Gasteiger partial charge in [0.2, 0.25) is 0 Å². The molecule has 3 unspecified atom stereocenters. The second kappa shape index (κ2) is 16.8. The molecule has 0 bridgehead atoms. The Morgan fingerprint density at radius 2 is 1.71 bits per heavy atom. The highest BCUT2D eigenvalue weighted by Gasteiger charge is 2.30. The predicted molar refractivity (Wildman–Crippen MR) is 153 cm³/mol. The van der Waals surface area contributed by atoms with Gasteiger partial charge in [-0.15, -0.1) is 0 Å². The molecule has 0 spiro atoms. The number of thioether (sulfide) groups is 2. The summed E-state index contributed by atoms with van der Waals surface area (Å²) in [6, 6.07) is 0. The van der Waals surface area contributed by atoms with Crippen molar-refractivity contribution in [1.29, 1.82) is 0 Å². The molecule has 2 aliphatic rings. The second-order valence-corrected chi connectivity index (χ2v) is 13.7. The summed E-state index contributed by atoms with van der Waals surface area (Å²) < 4.78 is 9.88. The summed E-state index contributed by atoms with van der Waals surface area (Å²) in [6.45, 7) is 16.0. The van der Waals surface area contributed by atoms with Crippen LogP contribution >= 0.6 is 23.5 Å². The summed E-state index contributed by atoms with van der Waals surface area (Å²) in [5.74, 6) is 3.76. The van der Waals surface area contributed by atoms with Gasteiger partial charge < -0.3 is 9.47 Å². The van der Waals surface area contributed by atoms with E-state index in [1.165, 1.54) is 50.4 Å². The number of esters is 2. The molecule has 0 aromatic heterocycles. The molecule has 0 aliphatic heterocycles. The number of carbonyl (C=O) groups excluding carboxylic acids is 2. The first-order valence-corrected chi connectivity index (χ1v) is 15.3. The molecule has 4 nitrogen and oxygen atoms in total. The minimum absolute atomic E-state index is 0.0670. The Morgan fingerprint density at radius 1 is 1.06 bits per heavy atom. The van der Waals surface area contributed by atoms with Gasteiger partial charge in [-0.2, -0.15) is 23.5 Å². The molecule has 0 aromatic carbocycles. The first kappa shape index (κ1) is 32.1. The lowest BCUT2D eigenvalue weighted by Gasteiger charge is -2.35. The van der Waals surface area contributed by atoms with E-state index in [1.54, 1.807) is 0 Å². The van der Waals surface area contributed by atoms with Gasteiger partial charge in [-0.05, 0) is 70.6 Å². The molecule has 0 saturated carbocycles. The van der Waals surface area contributed by atoms with Crippen LogP contribution in [0.15, 0.2) is 23.3 Å². The highest BCUT2D eigenvalue weighted by atomic mass is 32.2.